The molecule has 0 saturated carbocycles. The fourth-order valence-corrected chi connectivity index (χ4v) is 1.61. The van der Waals surface area contributed by atoms with Crippen LogP contribution < -0.4 is 5.32 Å². The first-order valence-corrected chi connectivity index (χ1v) is 5.50. The molecule has 1 aliphatic rings. The van der Waals surface area contributed by atoms with Gasteiger partial charge in [-0.05, 0) is 26.0 Å². The molecule has 0 saturated heterocycles. The van der Waals surface area contributed by atoms with Crippen LogP contribution in [0, 0.1) is 0 Å². The van der Waals surface area contributed by atoms with Gasteiger partial charge in [0, 0.05) is 11.9 Å². The molecule has 17 heavy (non-hydrogen) atoms. The zero-order valence-electron chi connectivity index (χ0n) is 9.86. The minimum absolute atomic E-state index is 0.353. The van der Waals surface area contributed by atoms with E-state index in [9.17, 15) is 4.79 Å². The smallest absolute Gasteiger partial charge is 0.341 e. The van der Waals surface area contributed by atoms with E-state index in [0.29, 0.717) is 12.2 Å². The van der Waals surface area contributed by atoms with Crippen molar-refractivity contribution in [1.82, 2.24) is 0 Å². The third kappa shape index (κ3) is 2.36. The van der Waals surface area contributed by atoms with Crippen LogP contribution >= 0.6 is 0 Å². The van der Waals surface area contributed by atoms with Gasteiger partial charge in [0.05, 0.1) is 23.6 Å². The van der Waals surface area contributed by atoms with Gasteiger partial charge in [-0.25, -0.2) is 4.79 Å². The topological polar surface area (TPSA) is 50.7 Å². The van der Waals surface area contributed by atoms with Crippen molar-refractivity contribution in [3.63, 3.8) is 0 Å². The Hall–Kier alpha value is -2.10. The summed E-state index contributed by atoms with van der Waals surface area (Å²) in [6.45, 7) is 3.97. The molecule has 0 atom stereocenters. The van der Waals surface area contributed by atoms with E-state index in [1.807, 2.05) is 31.2 Å². The van der Waals surface area contributed by atoms with Gasteiger partial charge in [-0.2, -0.15) is 0 Å². The van der Waals surface area contributed by atoms with Gasteiger partial charge in [0.25, 0.3) is 0 Å². The molecule has 0 amide bonds. The summed E-state index contributed by atoms with van der Waals surface area (Å²) in [5.74, 6) is -0.353. The largest absolute Gasteiger partial charge is 0.462 e. The molecule has 2 rings (SSSR count). The molecule has 0 bridgehead atoms. The average Bonchev–Trinajstić information content (AvgIpc) is 2.47. The van der Waals surface area contributed by atoms with Crippen molar-refractivity contribution in [1.29, 1.82) is 0 Å². The Labute approximate surface area is 100 Å². The quantitative estimate of drug-likeness (QED) is 0.794. The molecule has 88 valence electrons. The summed E-state index contributed by atoms with van der Waals surface area (Å²) in [7, 11) is 0. The van der Waals surface area contributed by atoms with E-state index in [1.165, 1.54) is 0 Å². The molecule has 1 heterocycles. The first kappa shape index (κ1) is 11.4. The van der Waals surface area contributed by atoms with Crippen LogP contribution in [-0.2, 0) is 9.53 Å². The highest BCUT2D eigenvalue weighted by Gasteiger charge is 2.15. The molecule has 4 nitrogen and oxygen atoms in total. The molecule has 0 spiro atoms. The third-order valence-electron chi connectivity index (χ3n) is 2.46. The number of carbonyl (C=O) groups is 1. The Morgan fingerprint density at radius 3 is 2.94 bits per heavy atom. The van der Waals surface area contributed by atoms with Crippen LogP contribution in [0.1, 0.15) is 13.8 Å². The lowest BCUT2D eigenvalue weighted by atomic mass is 10.2. The maximum absolute atomic E-state index is 11.7. The summed E-state index contributed by atoms with van der Waals surface area (Å²) in [6.07, 6.45) is 1.55. The summed E-state index contributed by atoms with van der Waals surface area (Å²) in [5, 5.41) is 3.17. The van der Waals surface area contributed by atoms with E-state index < -0.39 is 0 Å². The molecular formula is C13H14N2O2. The highest BCUT2D eigenvalue weighted by Crippen LogP contribution is 2.28. The Morgan fingerprint density at radius 1 is 1.41 bits per heavy atom. The zero-order chi connectivity index (χ0) is 12.3. The Balaban J connectivity index is 2.35. The number of aliphatic imine (C=N–C) groups is 1. The minimum atomic E-state index is -0.353. The second-order valence-corrected chi connectivity index (χ2v) is 3.66. The number of para-hydroxylation sites is 2. The molecule has 0 fully saturated rings. The van der Waals surface area contributed by atoms with Crippen LogP contribution in [0.2, 0.25) is 0 Å². The number of anilines is 1. The average molecular weight is 230 g/mol. The highest BCUT2D eigenvalue weighted by molar-refractivity contribution is 6.12. The van der Waals surface area contributed by atoms with Crippen molar-refractivity contribution in [3.05, 3.63) is 35.5 Å². The van der Waals surface area contributed by atoms with Crippen molar-refractivity contribution in [2.75, 3.05) is 11.9 Å². The number of allylic oxidation sites excluding steroid dienone is 1. The maximum Gasteiger partial charge on any atom is 0.341 e. The summed E-state index contributed by atoms with van der Waals surface area (Å²) >= 11 is 0. The monoisotopic (exact) mass is 230 g/mol. The van der Waals surface area contributed by atoms with Crippen LogP contribution in [-0.4, -0.2) is 18.8 Å². The summed E-state index contributed by atoms with van der Waals surface area (Å²) in [4.78, 5) is 16.0. The number of nitrogens with one attached hydrogen (secondary N) is 1. The number of rotatable bonds is 2. The number of carbonyl (C=O) groups excluding carboxylic acids is 1. The van der Waals surface area contributed by atoms with Crippen LogP contribution in [0.4, 0.5) is 11.4 Å². The maximum atomic E-state index is 11.7. The van der Waals surface area contributed by atoms with Gasteiger partial charge in [-0.15, -0.1) is 0 Å². The number of ether oxygens (including phenoxy) is 1. The molecular weight excluding hydrogens is 216 g/mol. The van der Waals surface area contributed by atoms with Crippen molar-refractivity contribution >= 4 is 23.6 Å². The van der Waals surface area contributed by atoms with E-state index in [0.717, 1.165) is 17.1 Å². The highest BCUT2D eigenvalue weighted by atomic mass is 16.5. The molecule has 1 aromatic carbocycles. The third-order valence-corrected chi connectivity index (χ3v) is 2.46. The normalized spacial score (nSPS) is 13.8. The Morgan fingerprint density at radius 2 is 2.18 bits per heavy atom. The van der Waals surface area contributed by atoms with Crippen molar-refractivity contribution < 1.29 is 9.53 Å². The fourth-order valence-electron chi connectivity index (χ4n) is 1.61. The number of fused-ring (bicyclic) bond motifs is 1. The molecule has 1 N–H and O–H groups in total. The first-order chi connectivity index (χ1) is 8.22. The van der Waals surface area contributed by atoms with Gasteiger partial charge in [-0.1, -0.05) is 12.1 Å². The number of nitrogens with zero attached hydrogens (tertiary/aromatic N) is 1. The van der Waals surface area contributed by atoms with Gasteiger partial charge < -0.3 is 10.1 Å². The van der Waals surface area contributed by atoms with Crippen LogP contribution in [0.15, 0.2) is 40.5 Å². The van der Waals surface area contributed by atoms with Crippen LogP contribution in [0.3, 0.4) is 0 Å². The lowest BCUT2D eigenvalue weighted by molar-refractivity contribution is -0.137. The predicted molar refractivity (Wildman–Crippen MR) is 67.5 cm³/mol. The minimum Gasteiger partial charge on any atom is -0.462 e. The number of hydrogen-bond donors (Lipinski definition) is 1. The first-order valence-electron chi connectivity index (χ1n) is 5.50. The van der Waals surface area contributed by atoms with E-state index in [1.54, 1.807) is 13.1 Å². The molecule has 1 aromatic rings. The molecule has 0 radical (unpaired) electrons. The number of esters is 1. The molecule has 0 aromatic heterocycles. The van der Waals surface area contributed by atoms with E-state index >= 15 is 0 Å². The summed E-state index contributed by atoms with van der Waals surface area (Å²) in [5.41, 5.74) is 2.91. The molecule has 4 heteroatoms. The number of benzene rings is 1. The summed E-state index contributed by atoms with van der Waals surface area (Å²) in [6, 6.07) is 7.64. The van der Waals surface area contributed by atoms with Gasteiger partial charge in [0.15, 0.2) is 0 Å². The lowest BCUT2D eigenvalue weighted by Gasteiger charge is -2.08. The zero-order valence-corrected chi connectivity index (χ0v) is 9.86. The van der Waals surface area contributed by atoms with E-state index in [-0.39, 0.29) is 5.97 Å². The summed E-state index contributed by atoms with van der Waals surface area (Å²) < 4.78 is 4.98. The van der Waals surface area contributed by atoms with Gasteiger partial charge >= 0.3 is 5.97 Å². The van der Waals surface area contributed by atoms with E-state index in [4.69, 9.17) is 4.74 Å². The second kappa shape index (κ2) is 4.82. The fraction of sp³-hybridized carbons (Fsp3) is 0.231. The van der Waals surface area contributed by atoms with Crippen LogP contribution in [0.25, 0.3) is 0 Å². The SMILES string of the molecule is CCOC(=O)C1=C(C)Nc2ccccc2N=C1. The molecule has 1 aliphatic heterocycles. The lowest BCUT2D eigenvalue weighted by Crippen LogP contribution is -2.12. The van der Waals surface area contributed by atoms with Crippen molar-refractivity contribution in [2.24, 2.45) is 4.99 Å². The van der Waals surface area contributed by atoms with Gasteiger partial charge in [-0.3, -0.25) is 4.99 Å². The molecule has 0 aliphatic carbocycles. The Bertz CT molecular complexity index is 504. The van der Waals surface area contributed by atoms with Gasteiger partial charge in [0.1, 0.15) is 0 Å². The Kier molecular flexibility index (Phi) is 3.23. The number of hydrogen-bond acceptors (Lipinski definition) is 4. The predicted octanol–water partition coefficient (Wildman–Crippen LogP) is 2.65. The standard InChI is InChI=1S/C13H14N2O2/c1-3-17-13(16)10-8-14-11-6-4-5-7-12(11)15-9(10)2/h4-8,15H,3H2,1-2H3. The van der Waals surface area contributed by atoms with Crippen LogP contribution in [0.5, 0.6) is 0 Å². The van der Waals surface area contributed by atoms with E-state index in [2.05, 4.69) is 10.3 Å². The van der Waals surface area contributed by atoms with Crippen molar-refractivity contribution in [2.45, 2.75) is 13.8 Å². The molecule has 0 unspecified atom stereocenters. The van der Waals surface area contributed by atoms with Crippen molar-refractivity contribution in [3.8, 4) is 0 Å². The second-order valence-electron chi connectivity index (χ2n) is 3.66. The van der Waals surface area contributed by atoms with Gasteiger partial charge in [0.2, 0.25) is 0 Å².